The molecule has 0 aliphatic rings. The number of aromatic amines is 1. The first-order valence-electron chi connectivity index (χ1n) is 11.3. The van der Waals surface area contributed by atoms with Gasteiger partial charge in [-0.1, -0.05) is 17.7 Å². The number of carbonyl (C=O) groups is 3. The first-order chi connectivity index (χ1) is 18.3. The number of halogens is 2. The first-order valence-corrected chi connectivity index (χ1v) is 11.7. The molecule has 2 aromatic heterocycles. The summed E-state index contributed by atoms with van der Waals surface area (Å²) in [6.45, 7) is 0. The van der Waals surface area contributed by atoms with Crippen LogP contribution in [0.4, 0.5) is 20.7 Å². The molecule has 194 valence electrons. The van der Waals surface area contributed by atoms with Crippen LogP contribution in [0, 0.1) is 5.82 Å². The molecule has 38 heavy (non-hydrogen) atoms. The summed E-state index contributed by atoms with van der Waals surface area (Å²) in [6, 6.07) is 14.6. The summed E-state index contributed by atoms with van der Waals surface area (Å²) >= 11 is 5.86. The van der Waals surface area contributed by atoms with Crippen LogP contribution < -0.4 is 16.0 Å². The lowest BCUT2D eigenvalue weighted by molar-refractivity contribution is -0.118. The van der Waals surface area contributed by atoms with E-state index < -0.39 is 29.8 Å². The van der Waals surface area contributed by atoms with Crippen LogP contribution in [-0.2, 0) is 16.0 Å². The lowest BCUT2D eigenvalue weighted by Gasteiger charge is -2.18. The second kappa shape index (κ2) is 12.0. The van der Waals surface area contributed by atoms with Gasteiger partial charge in [0.1, 0.15) is 6.04 Å². The van der Waals surface area contributed by atoms with E-state index in [9.17, 15) is 18.8 Å². The van der Waals surface area contributed by atoms with Crippen LogP contribution in [0.5, 0.6) is 0 Å². The van der Waals surface area contributed by atoms with Crippen molar-refractivity contribution in [1.29, 1.82) is 0 Å². The van der Waals surface area contributed by atoms with E-state index in [1.54, 1.807) is 30.6 Å². The molecule has 0 fully saturated rings. The predicted octanol–water partition coefficient (Wildman–Crippen LogP) is 4.42. The third-order valence-corrected chi connectivity index (χ3v) is 5.75. The van der Waals surface area contributed by atoms with E-state index in [0.29, 0.717) is 11.4 Å². The largest absolute Gasteiger partial charge is 0.453 e. The topological polar surface area (TPSA) is 138 Å². The molecule has 0 spiro atoms. The molecule has 3 amide bonds. The maximum absolute atomic E-state index is 14.4. The van der Waals surface area contributed by atoms with Crippen LogP contribution in [0.1, 0.15) is 15.9 Å². The number of hydrogen-bond donors (Lipinski definition) is 4. The summed E-state index contributed by atoms with van der Waals surface area (Å²) in [5, 5.41) is 14.5. The normalized spacial score (nSPS) is 11.3. The zero-order chi connectivity index (χ0) is 27.1. The number of anilines is 2. The van der Waals surface area contributed by atoms with E-state index in [1.807, 2.05) is 0 Å². The van der Waals surface area contributed by atoms with Crippen LogP contribution in [-0.4, -0.2) is 46.2 Å². The van der Waals surface area contributed by atoms with Gasteiger partial charge in [0, 0.05) is 41.7 Å². The van der Waals surface area contributed by atoms with E-state index in [2.05, 4.69) is 35.9 Å². The maximum atomic E-state index is 14.4. The van der Waals surface area contributed by atoms with Gasteiger partial charge in [-0.25, -0.2) is 9.18 Å². The van der Waals surface area contributed by atoms with Crippen LogP contribution in [0.15, 0.2) is 73.1 Å². The molecule has 0 bridgehead atoms. The zero-order valence-electron chi connectivity index (χ0n) is 20.0. The molecule has 4 rings (SSSR count). The first kappa shape index (κ1) is 26.3. The van der Waals surface area contributed by atoms with E-state index >= 15 is 0 Å². The number of pyridine rings is 1. The van der Waals surface area contributed by atoms with Crippen LogP contribution >= 0.6 is 11.6 Å². The van der Waals surface area contributed by atoms with Gasteiger partial charge in [0.25, 0.3) is 5.91 Å². The molecule has 0 aliphatic heterocycles. The highest BCUT2D eigenvalue weighted by Crippen LogP contribution is 2.27. The van der Waals surface area contributed by atoms with Crippen molar-refractivity contribution in [3.05, 3.63) is 95.0 Å². The van der Waals surface area contributed by atoms with Crippen molar-refractivity contribution in [3.63, 3.8) is 0 Å². The summed E-state index contributed by atoms with van der Waals surface area (Å²) in [5.74, 6) is -1.53. The Hall–Kier alpha value is -4.77. The summed E-state index contributed by atoms with van der Waals surface area (Å²) in [6.07, 6.45) is 2.69. The third kappa shape index (κ3) is 6.51. The van der Waals surface area contributed by atoms with Gasteiger partial charge in [-0.15, -0.1) is 0 Å². The Balaban J connectivity index is 1.50. The van der Waals surface area contributed by atoms with Crippen molar-refractivity contribution >= 4 is 41.0 Å². The number of aromatic nitrogens is 3. The Labute approximate surface area is 221 Å². The highest BCUT2D eigenvalue weighted by Gasteiger charge is 2.23. The van der Waals surface area contributed by atoms with Gasteiger partial charge in [-0.05, 0) is 54.1 Å². The molecule has 0 radical (unpaired) electrons. The van der Waals surface area contributed by atoms with Gasteiger partial charge in [-0.2, -0.15) is 5.10 Å². The van der Waals surface area contributed by atoms with Crippen LogP contribution in [0.3, 0.4) is 0 Å². The SMILES string of the molecule is COC(=O)Nc1ccc(C(=O)N[C@@H](Cc2ccncc2)C(=O)Nc2cc(-c3cccc(Cl)c3F)[nH]n2)cc1. The molecule has 4 aromatic rings. The number of nitrogens with one attached hydrogen (secondary N) is 4. The van der Waals surface area contributed by atoms with Crippen molar-refractivity contribution in [2.75, 3.05) is 17.7 Å². The third-order valence-electron chi connectivity index (χ3n) is 5.46. The number of ether oxygens (including phenoxy) is 1. The standard InChI is InChI=1S/C26H22ClFN6O4/c1-38-26(37)30-17-7-5-16(6-8-17)24(35)31-21(13-15-9-11-29-12-10-15)25(36)32-22-14-20(33-34-22)18-3-2-4-19(27)23(18)28/h2-12,14,21H,13H2,1H3,(H,30,37)(H,31,35)(H2,32,33,34,36)/t21-/m0/s1. The summed E-state index contributed by atoms with van der Waals surface area (Å²) in [7, 11) is 1.24. The minimum atomic E-state index is -0.985. The summed E-state index contributed by atoms with van der Waals surface area (Å²) in [4.78, 5) is 41.5. The average Bonchev–Trinajstić information content (AvgIpc) is 3.38. The minimum Gasteiger partial charge on any atom is -0.453 e. The van der Waals surface area contributed by atoms with Crippen LogP contribution in [0.2, 0.25) is 5.02 Å². The number of carbonyl (C=O) groups excluding carboxylic acids is 3. The number of H-pyrrole nitrogens is 1. The molecule has 0 saturated carbocycles. The number of rotatable bonds is 8. The van der Waals surface area contributed by atoms with E-state index in [4.69, 9.17) is 11.6 Å². The second-order valence-electron chi connectivity index (χ2n) is 8.04. The Morgan fingerprint density at radius 2 is 1.79 bits per heavy atom. The monoisotopic (exact) mass is 536 g/mol. The molecule has 1 atom stereocenters. The second-order valence-corrected chi connectivity index (χ2v) is 8.44. The molecule has 4 N–H and O–H groups in total. The van der Waals surface area contributed by atoms with Gasteiger partial charge >= 0.3 is 6.09 Å². The summed E-state index contributed by atoms with van der Waals surface area (Å²) < 4.78 is 18.9. The fourth-order valence-electron chi connectivity index (χ4n) is 3.53. The quantitative estimate of drug-likeness (QED) is 0.263. The maximum Gasteiger partial charge on any atom is 0.411 e. The van der Waals surface area contributed by atoms with Crippen LogP contribution in [0.25, 0.3) is 11.3 Å². The van der Waals surface area contributed by atoms with Gasteiger partial charge in [0.15, 0.2) is 11.6 Å². The lowest BCUT2D eigenvalue weighted by atomic mass is 10.1. The molecular weight excluding hydrogens is 515 g/mol. The van der Waals surface area contributed by atoms with Gasteiger partial charge in [-0.3, -0.25) is 25.0 Å². The smallest absolute Gasteiger partial charge is 0.411 e. The van der Waals surface area contributed by atoms with Gasteiger partial charge in [0.05, 0.1) is 17.8 Å². The molecule has 10 nitrogen and oxygen atoms in total. The molecule has 2 aromatic carbocycles. The Bertz CT molecular complexity index is 1450. The van der Waals surface area contributed by atoms with Crippen molar-refractivity contribution in [2.24, 2.45) is 0 Å². The molecule has 0 aliphatic carbocycles. The number of amides is 3. The predicted molar refractivity (Wildman–Crippen MR) is 139 cm³/mol. The average molecular weight is 537 g/mol. The molecule has 2 heterocycles. The Kier molecular flexibility index (Phi) is 8.29. The fraction of sp³-hybridized carbons (Fsp3) is 0.115. The van der Waals surface area contributed by atoms with Crippen molar-refractivity contribution in [1.82, 2.24) is 20.5 Å². The highest BCUT2D eigenvalue weighted by atomic mass is 35.5. The van der Waals surface area contributed by atoms with Crippen molar-refractivity contribution in [2.45, 2.75) is 12.5 Å². The minimum absolute atomic E-state index is 0.0445. The highest BCUT2D eigenvalue weighted by molar-refractivity contribution is 6.31. The van der Waals surface area contributed by atoms with E-state index in [1.165, 1.54) is 49.6 Å². The Morgan fingerprint density at radius 3 is 2.50 bits per heavy atom. The number of hydrogen-bond acceptors (Lipinski definition) is 6. The number of methoxy groups -OCH3 is 1. The fourth-order valence-corrected chi connectivity index (χ4v) is 3.70. The molecule has 0 unspecified atom stereocenters. The lowest BCUT2D eigenvalue weighted by Crippen LogP contribution is -2.45. The number of benzene rings is 2. The zero-order valence-corrected chi connectivity index (χ0v) is 20.8. The van der Waals surface area contributed by atoms with E-state index in [0.717, 1.165) is 5.56 Å². The molecular formula is C26H22ClFN6O4. The molecule has 12 heteroatoms. The number of nitrogens with zero attached hydrogens (tertiary/aromatic N) is 2. The Morgan fingerprint density at radius 1 is 1.05 bits per heavy atom. The van der Waals surface area contributed by atoms with E-state index in [-0.39, 0.29) is 28.4 Å². The van der Waals surface area contributed by atoms with Gasteiger partial charge < -0.3 is 15.4 Å². The van der Waals surface area contributed by atoms with Crippen molar-refractivity contribution < 1.29 is 23.5 Å². The van der Waals surface area contributed by atoms with Crippen molar-refractivity contribution in [3.8, 4) is 11.3 Å². The summed E-state index contributed by atoms with van der Waals surface area (Å²) in [5.41, 5.74) is 1.98. The molecule has 0 saturated heterocycles. The van der Waals surface area contributed by atoms with Gasteiger partial charge in [0.2, 0.25) is 5.91 Å².